The second-order valence-corrected chi connectivity index (χ2v) is 6.08. The first-order valence-electron chi connectivity index (χ1n) is 5.82. The van der Waals surface area contributed by atoms with Gasteiger partial charge in [-0.1, -0.05) is 29.3 Å². The molecule has 1 aromatic heterocycles. The van der Waals surface area contributed by atoms with Gasteiger partial charge in [-0.05, 0) is 19.2 Å². The van der Waals surface area contributed by atoms with E-state index in [0.717, 1.165) is 16.6 Å². The van der Waals surface area contributed by atoms with Crippen molar-refractivity contribution in [2.24, 2.45) is 0 Å². The lowest BCUT2D eigenvalue weighted by atomic mass is 10.2. The third kappa shape index (κ3) is 3.03. The molecule has 102 valence electrons. The van der Waals surface area contributed by atoms with E-state index in [4.69, 9.17) is 23.2 Å². The minimum absolute atomic E-state index is 0.0578. The largest absolute Gasteiger partial charge is 0.340 e. The zero-order valence-electron chi connectivity index (χ0n) is 10.7. The molecular weight excluding hydrogens is 303 g/mol. The first-order valence-corrected chi connectivity index (χ1v) is 7.39. The van der Waals surface area contributed by atoms with Gasteiger partial charge in [0.25, 0.3) is 5.91 Å². The van der Waals surface area contributed by atoms with Crippen LogP contribution in [0.15, 0.2) is 18.2 Å². The second-order valence-electron chi connectivity index (χ2n) is 4.22. The Morgan fingerprint density at radius 2 is 2.16 bits per heavy atom. The summed E-state index contributed by atoms with van der Waals surface area (Å²) in [6.45, 7) is 1.39. The Labute approximate surface area is 126 Å². The zero-order valence-corrected chi connectivity index (χ0v) is 13.0. The minimum Gasteiger partial charge on any atom is -0.340 e. The van der Waals surface area contributed by atoms with Gasteiger partial charge >= 0.3 is 0 Å². The highest BCUT2D eigenvalue weighted by Crippen LogP contribution is 2.37. The van der Waals surface area contributed by atoms with E-state index in [1.165, 1.54) is 11.3 Å². The lowest BCUT2D eigenvalue weighted by Crippen LogP contribution is -2.32. The molecule has 2 rings (SSSR count). The van der Waals surface area contributed by atoms with Crippen LogP contribution in [0.1, 0.15) is 9.67 Å². The number of fused-ring (bicyclic) bond motifs is 1. The Morgan fingerprint density at radius 1 is 1.42 bits per heavy atom. The molecule has 19 heavy (non-hydrogen) atoms. The van der Waals surface area contributed by atoms with Crippen molar-refractivity contribution in [3.63, 3.8) is 0 Å². The van der Waals surface area contributed by atoms with Gasteiger partial charge in [0.15, 0.2) is 0 Å². The summed E-state index contributed by atoms with van der Waals surface area (Å²) < 4.78 is 0.933. The summed E-state index contributed by atoms with van der Waals surface area (Å²) in [5.41, 5.74) is 0. The standard InChI is InChI=1S/C13H14Cl2N2OS/c1-16-5-6-17(2)13(18)12-11(15)9-4-3-8(14)7-10(9)19-12/h3-4,7,16H,5-6H2,1-2H3. The van der Waals surface area contributed by atoms with Crippen molar-refractivity contribution in [2.75, 3.05) is 27.2 Å². The first kappa shape index (κ1) is 14.6. The highest BCUT2D eigenvalue weighted by molar-refractivity contribution is 7.21. The van der Waals surface area contributed by atoms with Crippen LogP contribution in [0.25, 0.3) is 10.1 Å². The lowest BCUT2D eigenvalue weighted by Gasteiger charge is -2.15. The van der Waals surface area contributed by atoms with Crippen LogP contribution in [0.5, 0.6) is 0 Å². The fraction of sp³-hybridized carbons (Fsp3) is 0.308. The van der Waals surface area contributed by atoms with Crippen molar-refractivity contribution in [1.29, 1.82) is 0 Å². The molecule has 0 spiro atoms. The van der Waals surface area contributed by atoms with Crippen molar-refractivity contribution in [3.05, 3.63) is 33.1 Å². The Hall–Kier alpha value is -0.810. The fourth-order valence-corrected chi connectivity index (χ4v) is 3.51. The molecule has 0 fully saturated rings. The number of carbonyl (C=O) groups excluding carboxylic acids is 1. The van der Waals surface area contributed by atoms with E-state index in [9.17, 15) is 4.79 Å². The lowest BCUT2D eigenvalue weighted by molar-refractivity contribution is 0.0802. The van der Waals surface area contributed by atoms with Crippen molar-refractivity contribution in [1.82, 2.24) is 10.2 Å². The smallest absolute Gasteiger partial charge is 0.265 e. The second kappa shape index (κ2) is 6.09. The van der Waals surface area contributed by atoms with E-state index in [1.54, 1.807) is 18.0 Å². The van der Waals surface area contributed by atoms with Gasteiger partial charge in [-0.25, -0.2) is 0 Å². The molecule has 3 nitrogen and oxygen atoms in total. The molecule has 0 aliphatic heterocycles. The number of hydrogen-bond donors (Lipinski definition) is 1. The number of carbonyl (C=O) groups is 1. The van der Waals surface area contributed by atoms with E-state index in [-0.39, 0.29) is 5.91 Å². The van der Waals surface area contributed by atoms with Crippen molar-refractivity contribution in [2.45, 2.75) is 0 Å². The Balaban J connectivity index is 2.34. The number of thiophene rings is 1. The number of halogens is 2. The molecule has 1 N–H and O–H groups in total. The average Bonchev–Trinajstić information content (AvgIpc) is 2.71. The normalized spacial score (nSPS) is 10.9. The zero-order chi connectivity index (χ0) is 14.0. The number of nitrogens with one attached hydrogen (secondary N) is 1. The first-order chi connectivity index (χ1) is 9.04. The Kier molecular flexibility index (Phi) is 4.68. The van der Waals surface area contributed by atoms with Gasteiger partial charge in [0.05, 0.1) is 5.02 Å². The fourth-order valence-electron chi connectivity index (χ4n) is 1.73. The summed E-state index contributed by atoms with van der Waals surface area (Å²) in [6.07, 6.45) is 0. The van der Waals surface area contributed by atoms with Crippen LogP contribution in [-0.4, -0.2) is 38.0 Å². The van der Waals surface area contributed by atoms with Gasteiger partial charge < -0.3 is 10.2 Å². The molecule has 0 aliphatic rings. The Morgan fingerprint density at radius 3 is 2.84 bits per heavy atom. The molecule has 0 atom stereocenters. The summed E-state index contributed by atoms with van der Waals surface area (Å²) in [5.74, 6) is -0.0578. The summed E-state index contributed by atoms with van der Waals surface area (Å²) in [7, 11) is 3.63. The quantitative estimate of drug-likeness (QED) is 0.936. The number of nitrogens with zero attached hydrogens (tertiary/aromatic N) is 1. The van der Waals surface area contributed by atoms with Gasteiger partial charge in [-0.15, -0.1) is 11.3 Å². The van der Waals surface area contributed by atoms with Crippen LogP contribution in [0.4, 0.5) is 0 Å². The van der Waals surface area contributed by atoms with Gasteiger partial charge in [-0.3, -0.25) is 4.79 Å². The number of amides is 1. The molecule has 1 heterocycles. The van der Waals surface area contributed by atoms with E-state index in [1.807, 2.05) is 19.2 Å². The Bertz CT molecular complexity index is 612. The van der Waals surface area contributed by atoms with Gasteiger partial charge in [0.2, 0.25) is 0 Å². The topological polar surface area (TPSA) is 32.3 Å². The SMILES string of the molecule is CNCCN(C)C(=O)c1sc2cc(Cl)ccc2c1Cl. The van der Waals surface area contributed by atoms with Crippen LogP contribution in [0.3, 0.4) is 0 Å². The summed E-state index contributed by atoms with van der Waals surface area (Å²) in [6, 6.07) is 5.46. The predicted octanol–water partition coefficient (Wildman–Crippen LogP) is 3.50. The van der Waals surface area contributed by atoms with Crippen LogP contribution in [0.2, 0.25) is 10.0 Å². The summed E-state index contributed by atoms with van der Waals surface area (Å²) in [4.78, 5) is 14.5. The average molecular weight is 317 g/mol. The number of likely N-dealkylation sites (N-methyl/N-ethyl adjacent to an activating group) is 2. The molecule has 1 amide bonds. The number of hydrogen-bond acceptors (Lipinski definition) is 3. The molecule has 0 radical (unpaired) electrons. The minimum atomic E-state index is -0.0578. The van der Waals surface area contributed by atoms with Crippen LogP contribution in [0, 0.1) is 0 Å². The van der Waals surface area contributed by atoms with E-state index < -0.39 is 0 Å². The van der Waals surface area contributed by atoms with Crippen LogP contribution in [-0.2, 0) is 0 Å². The van der Waals surface area contributed by atoms with Crippen molar-refractivity contribution < 1.29 is 4.79 Å². The molecule has 0 saturated carbocycles. The maximum Gasteiger partial charge on any atom is 0.265 e. The summed E-state index contributed by atoms with van der Waals surface area (Å²) >= 11 is 13.6. The molecule has 0 aliphatic carbocycles. The molecule has 0 saturated heterocycles. The van der Waals surface area contributed by atoms with Gasteiger partial charge in [0.1, 0.15) is 4.88 Å². The molecule has 0 bridgehead atoms. The number of rotatable bonds is 4. The van der Waals surface area contributed by atoms with Crippen molar-refractivity contribution >= 4 is 50.5 Å². The van der Waals surface area contributed by atoms with Crippen LogP contribution >= 0.6 is 34.5 Å². The van der Waals surface area contributed by atoms with Crippen LogP contribution < -0.4 is 5.32 Å². The molecule has 0 unspecified atom stereocenters. The van der Waals surface area contributed by atoms with E-state index >= 15 is 0 Å². The predicted molar refractivity (Wildman–Crippen MR) is 82.7 cm³/mol. The maximum absolute atomic E-state index is 12.3. The van der Waals surface area contributed by atoms with Crippen molar-refractivity contribution in [3.8, 4) is 0 Å². The van der Waals surface area contributed by atoms with E-state index in [2.05, 4.69) is 5.32 Å². The third-order valence-corrected chi connectivity index (χ3v) is 4.71. The maximum atomic E-state index is 12.3. The molecule has 6 heteroatoms. The summed E-state index contributed by atoms with van der Waals surface area (Å²) in [5, 5.41) is 5.05. The number of benzene rings is 1. The highest BCUT2D eigenvalue weighted by atomic mass is 35.5. The van der Waals surface area contributed by atoms with Gasteiger partial charge in [-0.2, -0.15) is 0 Å². The molecule has 2 aromatic rings. The molecular formula is C13H14Cl2N2OS. The third-order valence-electron chi connectivity index (χ3n) is 2.83. The van der Waals surface area contributed by atoms with E-state index in [0.29, 0.717) is 21.5 Å². The molecule has 1 aromatic carbocycles. The van der Waals surface area contributed by atoms with Gasteiger partial charge in [0, 0.05) is 35.2 Å². The highest BCUT2D eigenvalue weighted by Gasteiger charge is 2.20. The monoisotopic (exact) mass is 316 g/mol.